The number of aromatic amines is 1. The zero-order chi connectivity index (χ0) is 21.5. The van der Waals surface area contributed by atoms with Crippen molar-refractivity contribution >= 4 is 28.4 Å². The first-order chi connectivity index (χ1) is 15.1. The van der Waals surface area contributed by atoms with E-state index in [1.165, 1.54) is 11.2 Å². The Morgan fingerprint density at radius 2 is 1.77 bits per heavy atom. The number of fused-ring (bicyclic) bond motifs is 1. The predicted octanol–water partition coefficient (Wildman–Crippen LogP) is 4.69. The van der Waals surface area contributed by atoms with E-state index in [-0.39, 0.29) is 17.9 Å². The molecule has 2 N–H and O–H groups in total. The molecule has 6 heteroatoms. The summed E-state index contributed by atoms with van der Waals surface area (Å²) in [6.45, 7) is 2.03. The second-order valence-corrected chi connectivity index (χ2v) is 7.58. The van der Waals surface area contributed by atoms with E-state index in [2.05, 4.69) is 4.98 Å². The molecule has 5 rings (SSSR count). The number of benzene rings is 2. The zero-order valence-corrected chi connectivity index (χ0v) is 16.8. The molecule has 3 heterocycles. The van der Waals surface area contributed by atoms with Crippen LogP contribution in [0.4, 0.5) is 0 Å². The fraction of sp³-hybridized carbons (Fsp3) is 0.120. The first-order valence-corrected chi connectivity index (χ1v) is 9.99. The molecule has 1 atom stereocenters. The number of para-hydroxylation sites is 1. The Hall–Kier alpha value is -4.06. The van der Waals surface area contributed by atoms with E-state index in [1.54, 1.807) is 36.4 Å². The maximum Gasteiger partial charge on any atom is 0.296 e. The molecule has 0 saturated carbocycles. The molecular weight excluding hydrogens is 392 g/mol. The molecule has 2 aromatic carbocycles. The van der Waals surface area contributed by atoms with Gasteiger partial charge >= 0.3 is 0 Å². The van der Waals surface area contributed by atoms with Gasteiger partial charge < -0.3 is 19.4 Å². The average Bonchev–Trinajstić information content (AvgIpc) is 3.47. The molecule has 1 saturated heterocycles. The number of aliphatic hydroxyl groups excluding tert-OH is 1. The van der Waals surface area contributed by atoms with Crippen LogP contribution < -0.4 is 0 Å². The molecule has 1 aliphatic heterocycles. The first-order valence-electron chi connectivity index (χ1n) is 9.99. The van der Waals surface area contributed by atoms with Gasteiger partial charge in [0.05, 0.1) is 24.4 Å². The molecule has 1 amide bonds. The van der Waals surface area contributed by atoms with Crippen molar-refractivity contribution < 1.29 is 19.1 Å². The average molecular weight is 412 g/mol. The van der Waals surface area contributed by atoms with E-state index in [1.807, 2.05) is 37.3 Å². The highest BCUT2D eigenvalue weighted by atomic mass is 16.3. The fourth-order valence-corrected chi connectivity index (χ4v) is 4.32. The van der Waals surface area contributed by atoms with Crippen LogP contribution in [0.15, 0.2) is 83.0 Å². The Morgan fingerprint density at radius 1 is 1.03 bits per heavy atom. The summed E-state index contributed by atoms with van der Waals surface area (Å²) in [5.41, 5.74) is 3.09. The lowest BCUT2D eigenvalue weighted by Crippen LogP contribution is -2.29. The van der Waals surface area contributed by atoms with E-state index >= 15 is 0 Å². The summed E-state index contributed by atoms with van der Waals surface area (Å²) in [6, 6.07) is 19.3. The number of carbonyl (C=O) groups excluding carboxylic acids is 2. The van der Waals surface area contributed by atoms with Crippen molar-refractivity contribution in [3.63, 3.8) is 0 Å². The van der Waals surface area contributed by atoms with Crippen molar-refractivity contribution in [3.05, 3.63) is 101 Å². The summed E-state index contributed by atoms with van der Waals surface area (Å²) >= 11 is 0. The number of aromatic nitrogens is 1. The monoisotopic (exact) mass is 412 g/mol. The van der Waals surface area contributed by atoms with Crippen molar-refractivity contribution in [1.29, 1.82) is 0 Å². The van der Waals surface area contributed by atoms with Gasteiger partial charge in [0.1, 0.15) is 11.5 Å². The van der Waals surface area contributed by atoms with Crippen LogP contribution in [0.5, 0.6) is 0 Å². The summed E-state index contributed by atoms with van der Waals surface area (Å²) in [7, 11) is 0. The van der Waals surface area contributed by atoms with Gasteiger partial charge in [-0.05, 0) is 25.1 Å². The third-order valence-corrected chi connectivity index (χ3v) is 5.71. The standard InChI is InChI=1S/C25H20N2O4/c1-15-20(18-11-5-6-12-19(18)26-15)22-21(23(28)16-8-3-2-4-9-16)24(29)25(30)27(22)14-17-10-7-13-31-17/h2-13,22,26,28H,14H2,1H3/b23-21+. The topological polar surface area (TPSA) is 86.5 Å². The molecule has 31 heavy (non-hydrogen) atoms. The van der Waals surface area contributed by atoms with Crippen LogP contribution in [0.1, 0.15) is 28.6 Å². The SMILES string of the molecule is Cc1[nH]c2ccccc2c1C1/C(=C(\O)c2ccccc2)C(=O)C(=O)N1Cc1ccco1. The number of Topliss-reactive ketones (excluding diaryl/α,β-unsaturated/α-hetero) is 1. The van der Waals surface area contributed by atoms with E-state index in [0.29, 0.717) is 11.3 Å². The summed E-state index contributed by atoms with van der Waals surface area (Å²) in [6.07, 6.45) is 1.53. The predicted molar refractivity (Wildman–Crippen MR) is 116 cm³/mol. The number of aryl methyl sites for hydroxylation is 1. The zero-order valence-electron chi connectivity index (χ0n) is 16.8. The maximum absolute atomic E-state index is 13.2. The van der Waals surface area contributed by atoms with Gasteiger partial charge in [0.25, 0.3) is 11.7 Å². The number of H-pyrrole nitrogens is 1. The van der Waals surface area contributed by atoms with Crippen molar-refractivity contribution in [2.75, 3.05) is 0 Å². The molecule has 1 fully saturated rings. The van der Waals surface area contributed by atoms with Crippen LogP contribution in [0.3, 0.4) is 0 Å². The minimum absolute atomic E-state index is 0.0793. The highest BCUT2D eigenvalue weighted by Gasteiger charge is 2.47. The van der Waals surface area contributed by atoms with Gasteiger partial charge in [-0.1, -0.05) is 48.5 Å². The summed E-state index contributed by atoms with van der Waals surface area (Å²) in [5, 5.41) is 12.0. The van der Waals surface area contributed by atoms with Gasteiger partial charge in [-0.3, -0.25) is 9.59 Å². The van der Waals surface area contributed by atoms with Crippen LogP contribution in [0, 0.1) is 6.92 Å². The number of nitrogens with one attached hydrogen (secondary N) is 1. The number of hydrogen-bond acceptors (Lipinski definition) is 4. The molecule has 4 aromatic rings. The van der Waals surface area contributed by atoms with Crippen LogP contribution in [0.2, 0.25) is 0 Å². The lowest BCUT2D eigenvalue weighted by Gasteiger charge is -2.25. The van der Waals surface area contributed by atoms with E-state index < -0.39 is 17.7 Å². The molecule has 0 aliphatic carbocycles. The summed E-state index contributed by atoms with van der Waals surface area (Å²) in [4.78, 5) is 31.1. The summed E-state index contributed by atoms with van der Waals surface area (Å²) < 4.78 is 5.45. The fourth-order valence-electron chi connectivity index (χ4n) is 4.32. The molecule has 1 aliphatic rings. The first kappa shape index (κ1) is 18.9. The number of rotatable bonds is 4. The van der Waals surface area contributed by atoms with Crippen molar-refractivity contribution in [1.82, 2.24) is 9.88 Å². The van der Waals surface area contributed by atoms with Gasteiger partial charge in [-0.2, -0.15) is 0 Å². The normalized spacial score (nSPS) is 18.2. The van der Waals surface area contributed by atoms with Crippen molar-refractivity contribution in [2.24, 2.45) is 0 Å². The number of carbonyl (C=O) groups is 2. The number of aliphatic hydroxyl groups is 1. The molecule has 0 bridgehead atoms. The molecule has 0 radical (unpaired) electrons. The van der Waals surface area contributed by atoms with E-state index in [9.17, 15) is 14.7 Å². The Morgan fingerprint density at radius 3 is 2.52 bits per heavy atom. The van der Waals surface area contributed by atoms with Crippen molar-refractivity contribution in [3.8, 4) is 0 Å². The smallest absolute Gasteiger partial charge is 0.296 e. The second kappa shape index (κ2) is 7.32. The third kappa shape index (κ3) is 3.04. The van der Waals surface area contributed by atoms with Gasteiger partial charge in [0, 0.05) is 27.7 Å². The van der Waals surface area contributed by atoms with E-state index in [4.69, 9.17) is 4.42 Å². The van der Waals surface area contributed by atoms with Crippen LogP contribution in [-0.4, -0.2) is 26.7 Å². The number of nitrogens with zero attached hydrogens (tertiary/aromatic N) is 1. The van der Waals surface area contributed by atoms with Crippen LogP contribution in [0.25, 0.3) is 16.7 Å². The molecule has 2 aromatic heterocycles. The quantitative estimate of drug-likeness (QED) is 0.289. The molecule has 154 valence electrons. The number of hydrogen-bond donors (Lipinski definition) is 2. The third-order valence-electron chi connectivity index (χ3n) is 5.71. The van der Waals surface area contributed by atoms with Crippen molar-refractivity contribution in [2.45, 2.75) is 19.5 Å². The highest BCUT2D eigenvalue weighted by Crippen LogP contribution is 2.44. The lowest BCUT2D eigenvalue weighted by molar-refractivity contribution is -0.140. The largest absolute Gasteiger partial charge is 0.507 e. The maximum atomic E-state index is 13.2. The minimum Gasteiger partial charge on any atom is -0.507 e. The van der Waals surface area contributed by atoms with Crippen LogP contribution in [-0.2, 0) is 16.1 Å². The number of likely N-dealkylation sites (tertiary alicyclic amines) is 1. The minimum atomic E-state index is -0.749. The molecule has 0 spiro atoms. The van der Waals surface area contributed by atoms with Gasteiger partial charge in [-0.25, -0.2) is 0 Å². The molecule has 1 unspecified atom stereocenters. The summed E-state index contributed by atoms with van der Waals surface area (Å²) in [5.74, 6) is -0.995. The Kier molecular flexibility index (Phi) is 4.47. The Balaban J connectivity index is 1.76. The number of ketones is 1. The second-order valence-electron chi connectivity index (χ2n) is 7.58. The molecule has 6 nitrogen and oxygen atoms in total. The van der Waals surface area contributed by atoms with Gasteiger partial charge in [0.15, 0.2) is 0 Å². The molecular formula is C25H20N2O4. The van der Waals surface area contributed by atoms with Gasteiger partial charge in [0.2, 0.25) is 0 Å². The van der Waals surface area contributed by atoms with Crippen LogP contribution >= 0.6 is 0 Å². The van der Waals surface area contributed by atoms with E-state index in [0.717, 1.165) is 22.2 Å². The Labute approximate surface area is 178 Å². The lowest BCUT2D eigenvalue weighted by atomic mass is 9.93. The Bertz CT molecular complexity index is 1320. The highest BCUT2D eigenvalue weighted by molar-refractivity contribution is 6.46. The number of amides is 1. The van der Waals surface area contributed by atoms with Gasteiger partial charge in [-0.15, -0.1) is 0 Å². The number of furan rings is 1.